The zero-order chi connectivity index (χ0) is 19.9. The van der Waals surface area contributed by atoms with E-state index in [9.17, 15) is 22.0 Å². The summed E-state index contributed by atoms with van der Waals surface area (Å²) in [5, 5.41) is 5.55. The molecule has 3 aromatic heterocycles. The smallest absolute Gasteiger partial charge is 0.365 e. The number of nitrogens with zero attached hydrogens (tertiary/aromatic N) is 4. The normalized spacial score (nSPS) is 20.2. The van der Waals surface area contributed by atoms with E-state index >= 15 is 0 Å². The summed E-state index contributed by atoms with van der Waals surface area (Å²) in [5.74, 6) is -1.26. The molecule has 0 amide bonds. The Morgan fingerprint density at radius 1 is 1.14 bits per heavy atom. The molecule has 1 aliphatic rings. The predicted octanol–water partition coefficient (Wildman–Crippen LogP) is 3.29. The van der Waals surface area contributed by atoms with E-state index in [1.807, 2.05) is 0 Å². The second kappa shape index (κ2) is 6.97. The number of hydrogen-bond donors (Lipinski definition) is 2. The van der Waals surface area contributed by atoms with Gasteiger partial charge in [0.05, 0.1) is 35.7 Å². The first kappa shape index (κ1) is 18.5. The van der Waals surface area contributed by atoms with E-state index < -0.39 is 30.3 Å². The number of rotatable bonds is 4. The number of alkyl halides is 5. The number of imidazole rings is 1. The highest BCUT2D eigenvalue weighted by atomic mass is 19.4. The van der Waals surface area contributed by atoms with E-state index in [0.717, 1.165) is 0 Å². The van der Waals surface area contributed by atoms with Crippen molar-refractivity contribution in [1.82, 2.24) is 24.7 Å². The zero-order valence-corrected chi connectivity index (χ0v) is 14.3. The summed E-state index contributed by atoms with van der Waals surface area (Å²) in [6.07, 6.45) is -3.21. The highest BCUT2D eigenvalue weighted by Gasteiger charge is 2.47. The minimum Gasteiger partial charge on any atom is -0.365 e. The van der Waals surface area contributed by atoms with Gasteiger partial charge in [-0.15, -0.1) is 0 Å². The fourth-order valence-corrected chi connectivity index (χ4v) is 3.23. The molecule has 0 aromatic carbocycles. The van der Waals surface area contributed by atoms with Crippen molar-refractivity contribution in [2.45, 2.75) is 18.6 Å². The minimum atomic E-state index is -4.32. The number of halogens is 5. The van der Waals surface area contributed by atoms with Gasteiger partial charge in [-0.2, -0.15) is 13.2 Å². The molecule has 1 fully saturated rings. The molecular formula is C17H15F5N6. The molecule has 0 radical (unpaired) electrons. The molecule has 2 atom stereocenters. The first-order valence-electron chi connectivity index (χ1n) is 8.45. The fraction of sp³-hybridized carbons (Fsp3) is 0.353. The Bertz CT molecular complexity index is 986. The van der Waals surface area contributed by atoms with Gasteiger partial charge < -0.3 is 10.6 Å². The van der Waals surface area contributed by atoms with Crippen molar-refractivity contribution in [3.8, 4) is 11.4 Å². The van der Waals surface area contributed by atoms with Crippen LogP contribution in [0, 0.1) is 5.92 Å². The minimum absolute atomic E-state index is 0.155. The van der Waals surface area contributed by atoms with Crippen molar-refractivity contribution >= 4 is 11.5 Å². The Balaban J connectivity index is 1.64. The van der Waals surface area contributed by atoms with Gasteiger partial charge in [0.1, 0.15) is 11.5 Å². The van der Waals surface area contributed by atoms with Crippen LogP contribution in [0.4, 0.5) is 27.8 Å². The van der Waals surface area contributed by atoms with Crippen molar-refractivity contribution in [2.24, 2.45) is 5.92 Å². The van der Waals surface area contributed by atoms with E-state index in [2.05, 4.69) is 25.6 Å². The third-order valence-corrected chi connectivity index (χ3v) is 4.62. The van der Waals surface area contributed by atoms with E-state index in [0.29, 0.717) is 17.0 Å². The topological polar surface area (TPSA) is 67.1 Å². The monoisotopic (exact) mass is 398 g/mol. The van der Waals surface area contributed by atoms with E-state index in [4.69, 9.17) is 0 Å². The van der Waals surface area contributed by atoms with Crippen molar-refractivity contribution in [2.75, 3.05) is 18.4 Å². The lowest BCUT2D eigenvalue weighted by molar-refractivity contribution is -0.170. The second-order valence-corrected chi connectivity index (χ2v) is 6.45. The average Bonchev–Trinajstić information content (AvgIpc) is 3.27. The van der Waals surface area contributed by atoms with Crippen molar-refractivity contribution < 1.29 is 22.0 Å². The Morgan fingerprint density at radius 2 is 1.96 bits per heavy atom. The standard InChI is InChI=1S/C17H15F5N6/c18-16(19)12-8-28-13(6-25-15(28)7-24-12)10-2-1-3-14(26-10)27-11-5-23-4-9(11)17(20,21)22/h1-3,6-9,11,16,23H,4-5H2,(H,26,27)/t9-,11-/m0/s1. The van der Waals surface area contributed by atoms with Crippen molar-refractivity contribution in [3.05, 3.63) is 42.5 Å². The van der Waals surface area contributed by atoms with Crippen molar-refractivity contribution in [1.29, 1.82) is 0 Å². The number of fused-ring (bicyclic) bond motifs is 1. The Kier molecular flexibility index (Phi) is 4.61. The van der Waals surface area contributed by atoms with E-state index in [1.54, 1.807) is 18.2 Å². The summed E-state index contributed by atoms with van der Waals surface area (Å²) < 4.78 is 66.7. The number of anilines is 1. The van der Waals surface area contributed by atoms with Gasteiger partial charge in [-0.25, -0.2) is 23.7 Å². The molecule has 6 nitrogen and oxygen atoms in total. The number of aromatic nitrogens is 4. The van der Waals surface area contributed by atoms with Crippen LogP contribution in [-0.4, -0.2) is 44.7 Å². The van der Waals surface area contributed by atoms with Gasteiger partial charge in [0.15, 0.2) is 5.65 Å². The molecule has 148 valence electrons. The first-order valence-corrected chi connectivity index (χ1v) is 8.45. The Labute approximate surface area is 155 Å². The maximum Gasteiger partial charge on any atom is 0.395 e. The third kappa shape index (κ3) is 3.49. The number of nitrogens with one attached hydrogen (secondary N) is 2. The third-order valence-electron chi connectivity index (χ3n) is 4.62. The molecule has 0 spiro atoms. The summed E-state index contributed by atoms with van der Waals surface area (Å²) in [7, 11) is 0. The summed E-state index contributed by atoms with van der Waals surface area (Å²) in [6, 6.07) is 3.97. The number of pyridine rings is 1. The molecule has 1 aliphatic heterocycles. The van der Waals surface area contributed by atoms with Crippen LogP contribution in [0.15, 0.2) is 36.8 Å². The molecule has 1 saturated heterocycles. The van der Waals surface area contributed by atoms with Crippen LogP contribution >= 0.6 is 0 Å². The lowest BCUT2D eigenvalue weighted by Crippen LogP contribution is -2.38. The van der Waals surface area contributed by atoms with Gasteiger partial charge in [-0.05, 0) is 12.1 Å². The first-order chi connectivity index (χ1) is 13.3. The quantitative estimate of drug-likeness (QED) is 0.661. The predicted molar refractivity (Wildman–Crippen MR) is 91.0 cm³/mol. The molecule has 4 rings (SSSR count). The lowest BCUT2D eigenvalue weighted by Gasteiger charge is -2.22. The summed E-state index contributed by atoms with van der Waals surface area (Å²) >= 11 is 0. The average molecular weight is 398 g/mol. The Morgan fingerprint density at radius 3 is 2.71 bits per heavy atom. The molecular weight excluding hydrogens is 383 g/mol. The maximum absolute atomic E-state index is 13.1. The molecule has 11 heteroatoms. The lowest BCUT2D eigenvalue weighted by atomic mass is 10.0. The number of hydrogen-bond acceptors (Lipinski definition) is 5. The van der Waals surface area contributed by atoms with Gasteiger partial charge >= 0.3 is 6.18 Å². The van der Waals surface area contributed by atoms with Crippen LogP contribution in [0.25, 0.3) is 17.0 Å². The highest BCUT2D eigenvalue weighted by molar-refractivity contribution is 5.61. The molecule has 3 aromatic rings. The SMILES string of the molecule is FC(F)c1cn2c(-c3cccc(N[C@H]4CNC[C@@H]4C(F)(F)F)n3)cnc2cn1. The van der Waals surface area contributed by atoms with Gasteiger partial charge in [-0.1, -0.05) is 6.07 Å². The Hall–Kier alpha value is -2.82. The van der Waals surface area contributed by atoms with Crippen LogP contribution in [0.3, 0.4) is 0 Å². The van der Waals surface area contributed by atoms with Gasteiger partial charge in [0.2, 0.25) is 0 Å². The van der Waals surface area contributed by atoms with Gasteiger partial charge in [0, 0.05) is 19.3 Å². The molecule has 0 saturated carbocycles. The maximum atomic E-state index is 13.1. The second-order valence-electron chi connectivity index (χ2n) is 6.45. The molecule has 0 aliphatic carbocycles. The summed E-state index contributed by atoms with van der Waals surface area (Å²) in [6.45, 7) is 0.00659. The molecule has 0 bridgehead atoms. The summed E-state index contributed by atoms with van der Waals surface area (Å²) in [4.78, 5) is 12.1. The van der Waals surface area contributed by atoms with Crippen LogP contribution in [-0.2, 0) is 0 Å². The van der Waals surface area contributed by atoms with E-state index in [1.165, 1.54) is 23.0 Å². The molecule has 4 heterocycles. The van der Waals surface area contributed by atoms with Crippen LogP contribution in [0.2, 0.25) is 0 Å². The van der Waals surface area contributed by atoms with E-state index in [-0.39, 0.29) is 18.9 Å². The van der Waals surface area contributed by atoms with Gasteiger partial charge in [0.25, 0.3) is 6.43 Å². The fourth-order valence-electron chi connectivity index (χ4n) is 3.23. The summed E-state index contributed by atoms with van der Waals surface area (Å²) in [5.41, 5.74) is 0.765. The molecule has 28 heavy (non-hydrogen) atoms. The van der Waals surface area contributed by atoms with Crippen LogP contribution in [0.1, 0.15) is 12.1 Å². The zero-order valence-electron chi connectivity index (χ0n) is 14.3. The molecule has 0 unspecified atom stereocenters. The molecule has 2 N–H and O–H groups in total. The van der Waals surface area contributed by atoms with Crippen LogP contribution in [0.5, 0.6) is 0 Å². The van der Waals surface area contributed by atoms with Crippen molar-refractivity contribution in [3.63, 3.8) is 0 Å². The highest BCUT2D eigenvalue weighted by Crippen LogP contribution is 2.32. The van der Waals surface area contributed by atoms with Gasteiger partial charge in [-0.3, -0.25) is 4.40 Å². The largest absolute Gasteiger partial charge is 0.395 e. The van der Waals surface area contributed by atoms with Crippen LogP contribution < -0.4 is 10.6 Å².